The zero-order valence-electron chi connectivity index (χ0n) is 14.9. The molecule has 5 rings (SSSR count). The Balaban J connectivity index is 1.68. The minimum Gasteiger partial charge on any atom is -0.340 e. The van der Waals surface area contributed by atoms with Gasteiger partial charge >= 0.3 is 0 Å². The van der Waals surface area contributed by atoms with E-state index in [-0.39, 0.29) is 0 Å². The van der Waals surface area contributed by atoms with Gasteiger partial charge in [-0.05, 0) is 61.7 Å². The van der Waals surface area contributed by atoms with Gasteiger partial charge in [-0.1, -0.05) is 23.7 Å². The number of hydrogen-bond acceptors (Lipinski definition) is 5. The van der Waals surface area contributed by atoms with Gasteiger partial charge in [-0.3, -0.25) is 0 Å². The van der Waals surface area contributed by atoms with E-state index in [1.807, 2.05) is 47.2 Å². The van der Waals surface area contributed by atoms with Crippen LogP contribution in [0, 0.1) is 6.92 Å². The fourth-order valence-corrected chi connectivity index (χ4v) is 4.32. The molecule has 4 aromatic rings. The number of halogens is 1. The molecule has 1 aliphatic carbocycles. The van der Waals surface area contributed by atoms with Crippen LogP contribution in [-0.4, -0.2) is 19.6 Å². The van der Waals surface area contributed by atoms with Gasteiger partial charge in [0.15, 0.2) is 5.82 Å². The third kappa shape index (κ3) is 2.99. The van der Waals surface area contributed by atoms with Crippen molar-refractivity contribution in [3.63, 3.8) is 0 Å². The molecule has 0 aliphatic heterocycles. The molecule has 0 bridgehead atoms. The molecule has 1 aromatic carbocycles. The lowest BCUT2D eigenvalue weighted by Crippen LogP contribution is -2.13. The monoisotopic (exact) mass is 395 g/mol. The lowest BCUT2D eigenvalue weighted by Gasteiger charge is -2.20. The van der Waals surface area contributed by atoms with Crippen molar-refractivity contribution in [2.24, 2.45) is 0 Å². The van der Waals surface area contributed by atoms with E-state index >= 15 is 0 Å². The standard InChI is InChI=1S/C20H18ClN5S/c1-12-8-9-13(11-15(12)21)22-19-14-5-2-3-6-16(14)23-20-24-18(25-26(19)20)17-7-4-10-27-17/h4,7-11,22H,2-3,5-6H2,1H3. The minimum absolute atomic E-state index is 0.639. The number of aryl methyl sites for hydroxylation is 2. The number of hydrogen-bond donors (Lipinski definition) is 1. The lowest BCUT2D eigenvalue weighted by atomic mass is 9.96. The first-order valence-corrected chi connectivity index (χ1v) is 10.3. The van der Waals surface area contributed by atoms with Crippen molar-refractivity contribution in [1.82, 2.24) is 19.6 Å². The van der Waals surface area contributed by atoms with Crippen molar-refractivity contribution >= 4 is 40.2 Å². The van der Waals surface area contributed by atoms with Gasteiger partial charge < -0.3 is 5.32 Å². The SMILES string of the molecule is Cc1ccc(Nc2c3c(nc4nc(-c5cccs5)nn24)CCCC3)cc1Cl. The van der Waals surface area contributed by atoms with Crippen LogP contribution in [0.3, 0.4) is 0 Å². The molecule has 1 N–H and O–H groups in total. The molecular weight excluding hydrogens is 378 g/mol. The molecule has 0 amide bonds. The molecule has 1 aliphatic rings. The van der Waals surface area contributed by atoms with E-state index in [4.69, 9.17) is 21.7 Å². The van der Waals surface area contributed by atoms with Crippen LogP contribution in [0.15, 0.2) is 35.7 Å². The molecule has 27 heavy (non-hydrogen) atoms. The number of nitrogens with one attached hydrogen (secondary N) is 1. The predicted octanol–water partition coefficient (Wildman–Crippen LogP) is 5.44. The van der Waals surface area contributed by atoms with Gasteiger partial charge in [0.05, 0.1) is 10.6 Å². The number of fused-ring (bicyclic) bond motifs is 2. The van der Waals surface area contributed by atoms with Gasteiger partial charge in [-0.15, -0.1) is 16.4 Å². The summed E-state index contributed by atoms with van der Waals surface area (Å²) >= 11 is 7.96. The molecular formula is C20H18ClN5S. The molecule has 0 spiro atoms. The van der Waals surface area contributed by atoms with Crippen LogP contribution in [0.1, 0.15) is 29.7 Å². The highest BCUT2D eigenvalue weighted by atomic mass is 35.5. The van der Waals surface area contributed by atoms with Crippen LogP contribution >= 0.6 is 22.9 Å². The van der Waals surface area contributed by atoms with Crippen molar-refractivity contribution in [3.8, 4) is 10.7 Å². The van der Waals surface area contributed by atoms with Crippen LogP contribution in [0.25, 0.3) is 16.5 Å². The average molecular weight is 396 g/mol. The molecule has 0 fully saturated rings. The fourth-order valence-electron chi connectivity index (χ4n) is 3.49. The quantitative estimate of drug-likeness (QED) is 0.502. The summed E-state index contributed by atoms with van der Waals surface area (Å²) in [6, 6.07) is 10.1. The Morgan fingerprint density at radius 3 is 2.85 bits per heavy atom. The Kier molecular flexibility index (Phi) is 4.10. The highest BCUT2D eigenvalue weighted by Gasteiger charge is 2.21. The molecule has 0 saturated carbocycles. The zero-order valence-corrected chi connectivity index (χ0v) is 16.4. The molecule has 0 atom stereocenters. The van der Waals surface area contributed by atoms with Crippen molar-refractivity contribution in [1.29, 1.82) is 0 Å². The van der Waals surface area contributed by atoms with Crippen LogP contribution in [0.4, 0.5) is 11.5 Å². The molecule has 0 radical (unpaired) electrons. The Hall–Kier alpha value is -2.44. The molecule has 5 nitrogen and oxygen atoms in total. The number of rotatable bonds is 3. The van der Waals surface area contributed by atoms with E-state index in [2.05, 4.69) is 10.3 Å². The van der Waals surface area contributed by atoms with Crippen LogP contribution in [0.5, 0.6) is 0 Å². The first-order chi connectivity index (χ1) is 13.2. The summed E-state index contributed by atoms with van der Waals surface area (Å²) in [5, 5.41) is 11.1. The predicted molar refractivity (Wildman–Crippen MR) is 110 cm³/mol. The maximum Gasteiger partial charge on any atom is 0.254 e. The Labute approximate surface area is 166 Å². The van der Waals surface area contributed by atoms with E-state index in [0.717, 1.165) is 58.3 Å². The van der Waals surface area contributed by atoms with Crippen molar-refractivity contribution in [2.45, 2.75) is 32.6 Å². The summed E-state index contributed by atoms with van der Waals surface area (Å²) in [5.74, 6) is 2.30. The molecule has 7 heteroatoms. The van der Waals surface area contributed by atoms with Crippen LogP contribution < -0.4 is 5.32 Å². The van der Waals surface area contributed by atoms with E-state index in [9.17, 15) is 0 Å². The highest BCUT2D eigenvalue weighted by Crippen LogP contribution is 2.32. The lowest BCUT2D eigenvalue weighted by molar-refractivity contribution is 0.662. The van der Waals surface area contributed by atoms with Gasteiger partial charge in [0.2, 0.25) is 0 Å². The second-order valence-electron chi connectivity index (χ2n) is 6.81. The minimum atomic E-state index is 0.639. The number of benzene rings is 1. The van der Waals surface area contributed by atoms with Crippen molar-refractivity contribution in [3.05, 3.63) is 57.6 Å². The first-order valence-electron chi connectivity index (χ1n) is 9.04. The molecule has 136 valence electrons. The average Bonchev–Trinajstić information content (AvgIpc) is 3.34. The van der Waals surface area contributed by atoms with Crippen molar-refractivity contribution in [2.75, 3.05) is 5.32 Å². The first kappa shape index (κ1) is 16.7. The third-order valence-corrected chi connectivity index (χ3v) is 6.21. The second-order valence-corrected chi connectivity index (χ2v) is 8.16. The Morgan fingerprint density at radius 2 is 2.04 bits per heavy atom. The van der Waals surface area contributed by atoms with E-state index in [1.54, 1.807) is 11.3 Å². The highest BCUT2D eigenvalue weighted by molar-refractivity contribution is 7.13. The topological polar surface area (TPSA) is 55.1 Å². The summed E-state index contributed by atoms with van der Waals surface area (Å²) < 4.78 is 1.84. The smallest absolute Gasteiger partial charge is 0.254 e. The summed E-state index contributed by atoms with van der Waals surface area (Å²) in [5.41, 5.74) is 4.36. The second kappa shape index (κ2) is 6.62. The van der Waals surface area contributed by atoms with E-state index < -0.39 is 0 Å². The van der Waals surface area contributed by atoms with Gasteiger partial charge in [-0.2, -0.15) is 9.50 Å². The summed E-state index contributed by atoms with van der Waals surface area (Å²) in [7, 11) is 0. The maximum atomic E-state index is 6.33. The number of anilines is 2. The fraction of sp³-hybridized carbons (Fsp3) is 0.250. The summed E-state index contributed by atoms with van der Waals surface area (Å²) in [6.07, 6.45) is 4.30. The van der Waals surface area contributed by atoms with E-state index in [1.165, 1.54) is 5.56 Å². The largest absolute Gasteiger partial charge is 0.340 e. The number of nitrogens with zero attached hydrogens (tertiary/aromatic N) is 4. The molecule has 0 saturated heterocycles. The van der Waals surface area contributed by atoms with Crippen LogP contribution in [-0.2, 0) is 12.8 Å². The Bertz CT molecular complexity index is 1130. The van der Waals surface area contributed by atoms with Gasteiger partial charge in [0.1, 0.15) is 5.82 Å². The maximum absolute atomic E-state index is 6.33. The Morgan fingerprint density at radius 1 is 1.15 bits per heavy atom. The third-order valence-electron chi connectivity index (χ3n) is 4.94. The molecule has 3 heterocycles. The van der Waals surface area contributed by atoms with Gasteiger partial charge in [-0.25, -0.2) is 4.98 Å². The van der Waals surface area contributed by atoms with Crippen LogP contribution in [0.2, 0.25) is 5.02 Å². The van der Waals surface area contributed by atoms with Gasteiger partial charge in [0.25, 0.3) is 5.78 Å². The zero-order chi connectivity index (χ0) is 18.4. The summed E-state index contributed by atoms with van der Waals surface area (Å²) in [4.78, 5) is 10.5. The van der Waals surface area contributed by atoms with E-state index in [0.29, 0.717) is 11.6 Å². The normalized spacial score (nSPS) is 13.7. The number of thiophene rings is 1. The molecule has 3 aromatic heterocycles. The summed E-state index contributed by atoms with van der Waals surface area (Å²) in [6.45, 7) is 2.00. The number of aromatic nitrogens is 4. The van der Waals surface area contributed by atoms with Crippen molar-refractivity contribution < 1.29 is 0 Å². The molecule has 0 unspecified atom stereocenters. The van der Waals surface area contributed by atoms with Gasteiger partial charge in [0, 0.05) is 16.3 Å².